The van der Waals surface area contributed by atoms with Crippen molar-refractivity contribution in [3.63, 3.8) is 0 Å². The third-order valence-electron chi connectivity index (χ3n) is 5.40. The van der Waals surface area contributed by atoms with E-state index in [1.165, 1.54) is 0 Å². The lowest BCUT2D eigenvalue weighted by Crippen LogP contribution is -2.37. The van der Waals surface area contributed by atoms with E-state index in [-0.39, 0.29) is 11.9 Å². The third-order valence-corrected chi connectivity index (χ3v) is 6.37. The van der Waals surface area contributed by atoms with Gasteiger partial charge in [-0.3, -0.25) is 9.78 Å². The number of rotatable bonds is 4. The number of aliphatic hydroxyl groups is 1. The fourth-order valence-corrected chi connectivity index (χ4v) is 4.67. The molecule has 1 fully saturated rings. The highest BCUT2D eigenvalue weighted by Crippen LogP contribution is 2.31. The van der Waals surface area contributed by atoms with Crippen molar-refractivity contribution in [1.29, 1.82) is 0 Å². The lowest BCUT2D eigenvalue weighted by molar-refractivity contribution is 0.0669. The van der Waals surface area contributed by atoms with Gasteiger partial charge in [0.1, 0.15) is 0 Å². The van der Waals surface area contributed by atoms with Gasteiger partial charge in [0, 0.05) is 22.8 Å². The molecule has 3 aromatic rings. The summed E-state index contributed by atoms with van der Waals surface area (Å²) in [6, 6.07) is 12.1. The van der Waals surface area contributed by atoms with Gasteiger partial charge >= 0.3 is 0 Å². The van der Waals surface area contributed by atoms with Crippen LogP contribution >= 0.6 is 11.3 Å². The Morgan fingerprint density at radius 3 is 2.96 bits per heavy atom. The van der Waals surface area contributed by atoms with Gasteiger partial charge in [-0.15, -0.1) is 11.3 Å². The Hall–Kier alpha value is -2.24. The molecular weight excluding hydrogens is 356 g/mol. The van der Waals surface area contributed by atoms with Gasteiger partial charge in [-0.05, 0) is 62.3 Å². The number of carbonyl (C=O) groups excluding carboxylic acids is 1. The van der Waals surface area contributed by atoms with Gasteiger partial charge in [0.2, 0.25) is 0 Å². The van der Waals surface area contributed by atoms with Crippen molar-refractivity contribution in [2.24, 2.45) is 0 Å². The topological polar surface area (TPSA) is 53.4 Å². The molecule has 1 amide bonds. The van der Waals surface area contributed by atoms with Gasteiger partial charge in [-0.2, -0.15) is 0 Å². The van der Waals surface area contributed by atoms with Crippen LogP contribution in [0.1, 0.15) is 51.9 Å². The van der Waals surface area contributed by atoms with Crippen LogP contribution < -0.4 is 0 Å². The minimum absolute atomic E-state index is 0.0309. The fraction of sp³-hybridized carbons (Fsp3) is 0.364. The van der Waals surface area contributed by atoms with Crippen LogP contribution in [0.15, 0.2) is 41.8 Å². The number of nitrogens with zero attached hydrogens (tertiary/aromatic N) is 2. The Kier molecular flexibility index (Phi) is 4.98. The highest BCUT2D eigenvalue weighted by molar-refractivity contribution is 7.10. The number of aliphatic hydroxyl groups excluding tert-OH is 1. The number of carbonyl (C=O) groups is 1. The molecular formula is C22H24N2O2S. The SMILES string of the molecule is Cc1ccc2cc(C(=O)N3CCC[C@H]3C[C@H](O)c3cccs3)c(C)nc2c1. The molecule has 0 saturated carbocycles. The molecule has 2 atom stereocenters. The average Bonchev–Trinajstić information content (AvgIpc) is 3.32. The quantitative estimate of drug-likeness (QED) is 0.717. The minimum Gasteiger partial charge on any atom is -0.387 e. The van der Waals surface area contributed by atoms with E-state index in [1.807, 2.05) is 60.5 Å². The second kappa shape index (κ2) is 7.41. The number of fused-ring (bicyclic) bond motifs is 1. The van der Waals surface area contributed by atoms with E-state index in [9.17, 15) is 9.90 Å². The van der Waals surface area contributed by atoms with Crippen molar-refractivity contribution >= 4 is 28.1 Å². The van der Waals surface area contributed by atoms with Crippen LogP contribution in [-0.2, 0) is 0 Å². The van der Waals surface area contributed by atoms with Gasteiger partial charge in [-0.1, -0.05) is 18.2 Å². The van der Waals surface area contributed by atoms with Crippen molar-refractivity contribution in [2.45, 2.75) is 45.3 Å². The summed E-state index contributed by atoms with van der Waals surface area (Å²) in [5.74, 6) is 0.0309. The molecule has 0 bridgehead atoms. The highest BCUT2D eigenvalue weighted by Gasteiger charge is 2.32. The van der Waals surface area contributed by atoms with Crippen LogP contribution in [0.3, 0.4) is 0 Å². The second-order valence-electron chi connectivity index (χ2n) is 7.38. The molecule has 1 aliphatic heterocycles. The first-order valence-corrected chi connectivity index (χ1v) is 10.3. The second-order valence-corrected chi connectivity index (χ2v) is 8.36. The summed E-state index contributed by atoms with van der Waals surface area (Å²) >= 11 is 1.56. The lowest BCUT2D eigenvalue weighted by Gasteiger charge is -2.27. The number of pyridine rings is 1. The van der Waals surface area contributed by atoms with Crippen LogP contribution in [0, 0.1) is 13.8 Å². The number of likely N-dealkylation sites (tertiary alicyclic amines) is 1. The summed E-state index contributed by atoms with van der Waals surface area (Å²) in [5.41, 5.74) is 3.53. The van der Waals surface area contributed by atoms with E-state index in [0.717, 1.165) is 46.4 Å². The molecule has 1 saturated heterocycles. The molecule has 0 radical (unpaired) electrons. The molecule has 27 heavy (non-hydrogen) atoms. The minimum atomic E-state index is -0.512. The first kappa shape index (κ1) is 18.1. The van der Waals surface area contributed by atoms with E-state index in [0.29, 0.717) is 12.0 Å². The van der Waals surface area contributed by atoms with Crippen LogP contribution in [0.4, 0.5) is 0 Å². The maximum Gasteiger partial charge on any atom is 0.255 e. The standard InChI is InChI=1S/C22H24N2O2S/c1-14-7-8-16-12-18(15(2)23-19(16)11-14)22(26)24-9-3-5-17(24)13-20(25)21-6-4-10-27-21/h4,6-8,10-12,17,20,25H,3,5,9,13H2,1-2H3/t17-,20-/m0/s1. The zero-order chi connectivity index (χ0) is 19.0. The van der Waals surface area contributed by atoms with Gasteiger partial charge in [-0.25, -0.2) is 0 Å². The van der Waals surface area contributed by atoms with E-state index in [1.54, 1.807) is 11.3 Å². The van der Waals surface area contributed by atoms with Gasteiger partial charge in [0.05, 0.1) is 22.9 Å². The third kappa shape index (κ3) is 3.62. The van der Waals surface area contributed by atoms with Gasteiger partial charge in [0.15, 0.2) is 0 Å². The number of aromatic nitrogens is 1. The Labute approximate surface area is 163 Å². The van der Waals surface area contributed by atoms with Crippen molar-refractivity contribution in [2.75, 3.05) is 6.54 Å². The number of benzene rings is 1. The normalized spacial score (nSPS) is 18.2. The van der Waals surface area contributed by atoms with Gasteiger partial charge in [0.25, 0.3) is 5.91 Å². The van der Waals surface area contributed by atoms with Gasteiger partial charge < -0.3 is 10.0 Å². The van der Waals surface area contributed by atoms with Crippen molar-refractivity contribution in [3.8, 4) is 0 Å². The predicted octanol–water partition coefficient (Wildman–Crippen LogP) is 4.64. The van der Waals surface area contributed by atoms with E-state index < -0.39 is 6.10 Å². The van der Waals surface area contributed by atoms with E-state index in [2.05, 4.69) is 4.98 Å². The molecule has 0 spiro atoms. The fourth-order valence-electron chi connectivity index (χ4n) is 3.95. The van der Waals surface area contributed by atoms with Crippen LogP contribution in [0.25, 0.3) is 10.9 Å². The Morgan fingerprint density at radius 1 is 1.33 bits per heavy atom. The molecule has 0 unspecified atom stereocenters. The molecule has 4 rings (SSSR count). The summed E-state index contributed by atoms with van der Waals surface area (Å²) in [4.78, 5) is 20.8. The summed E-state index contributed by atoms with van der Waals surface area (Å²) in [5, 5.41) is 13.5. The zero-order valence-electron chi connectivity index (χ0n) is 15.7. The highest BCUT2D eigenvalue weighted by atomic mass is 32.1. The first-order chi connectivity index (χ1) is 13.0. The van der Waals surface area contributed by atoms with E-state index in [4.69, 9.17) is 0 Å². The van der Waals surface area contributed by atoms with Crippen LogP contribution in [-0.4, -0.2) is 33.5 Å². The zero-order valence-corrected chi connectivity index (χ0v) is 16.5. The summed E-state index contributed by atoms with van der Waals surface area (Å²) in [7, 11) is 0. The summed E-state index contributed by atoms with van der Waals surface area (Å²) in [6.45, 7) is 4.69. The largest absolute Gasteiger partial charge is 0.387 e. The predicted molar refractivity (Wildman–Crippen MR) is 109 cm³/mol. The number of thiophene rings is 1. The smallest absolute Gasteiger partial charge is 0.255 e. The molecule has 5 heteroatoms. The Bertz CT molecular complexity index is 968. The Balaban J connectivity index is 1.58. The van der Waals surface area contributed by atoms with Crippen molar-refractivity contribution in [1.82, 2.24) is 9.88 Å². The van der Waals surface area contributed by atoms with E-state index >= 15 is 0 Å². The van der Waals surface area contributed by atoms with Crippen LogP contribution in [0.5, 0.6) is 0 Å². The number of aryl methyl sites for hydroxylation is 2. The Morgan fingerprint density at radius 2 is 2.19 bits per heavy atom. The number of amides is 1. The molecule has 4 nitrogen and oxygen atoms in total. The summed E-state index contributed by atoms with van der Waals surface area (Å²) in [6.07, 6.45) is 1.99. The molecule has 1 N–H and O–H groups in total. The molecule has 1 aromatic carbocycles. The monoisotopic (exact) mass is 380 g/mol. The van der Waals surface area contributed by atoms with Crippen LogP contribution in [0.2, 0.25) is 0 Å². The maximum atomic E-state index is 13.3. The molecule has 140 valence electrons. The maximum absolute atomic E-state index is 13.3. The molecule has 0 aliphatic carbocycles. The average molecular weight is 381 g/mol. The molecule has 3 heterocycles. The molecule has 1 aliphatic rings. The summed E-state index contributed by atoms with van der Waals surface area (Å²) < 4.78 is 0. The molecule has 2 aromatic heterocycles. The first-order valence-electron chi connectivity index (χ1n) is 9.43. The number of hydrogen-bond donors (Lipinski definition) is 1. The number of hydrogen-bond acceptors (Lipinski definition) is 4. The van der Waals surface area contributed by atoms with Crippen molar-refractivity contribution in [3.05, 3.63) is 63.5 Å². The lowest BCUT2D eigenvalue weighted by atomic mass is 10.0. The van der Waals surface area contributed by atoms with Crippen molar-refractivity contribution < 1.29 is 9.90 Å².